The minimum absolute atomic E-state index is 0.0455. The zero-order chi connectivity index (χ0) is 23.6. The van der Waals surface area contributed by atoms with Gasteiger partial charge >= 0.3 is 0 Å². The van der Waals surface area contributed by atoms with Crippen LogP contribution in [-0.2, 0) is 16.3 Å². The zero-order valence-electron chi connectivity index (χ0n) is 18.0. The molecule has 2 heterocycles. The number of amides is 1. The number of aryl methyl sites for hydroxylation is 1. The van der Waals surface area contributed by atoms with Crippen LogP contribution in [0.3, 0.4) is 0 Å². The molecule has 1 amide bonds. The molecule has 0 bridgehead atoms. The van der Waals surface area contributed by atoms with Gasteiger partial charge in [-0.15, -0.1) is 0 Å². The third-order valence-corrected chi connectivity index (χ3v) is 6.35. The molecule has 0 radical (unpaired) electrons. The van der Waals surface area contributed by atoms with Gasteiger partial charge in [-0.2, -0.15) is 5.26 Å². The van der Waals surface area contributed by atoms with E-state index in [0.717, 1.165) is 34.7 Å². The van der Waals surface area contributed by atoms with Crippen LogP contribution in [0.15, 0.2) is 71.8 Å². The summed E-state index contributed by atoms with van der Waals surface area (Å²) in [4.78, 5) is 21.1. The Labute approximate surface area is 191 Å². The van der Waals surface area contributed by atoms with E-state index in [4.69, 9.17) is 5.26 Å². The maximum absolute atomic E-state index is 12.9. The second-order valence-electron chi connectivity index (χ2n) is 7.56. The van der Waals surface area contributed by atoms with Crippen LogP contribution < -0.4 is 5.32 Å². The molecule has 0 unspecified atom stereocenters. The molecule has 0 aliphatic carbocycles. The molecule has 164 valence electrons. The van der Waals surface area contributed by atoms with Gasteiger partial charge in [0.1, 0.15) is 17.5 Å². The fraction of sp³-hybridized carbons (Fsp3) is 0.120. The van der Waals surface area contributed by atoms with Crippen LogP contribution in [0.25, 0.3) is 22.0 Å². The predicted molar refractivity (Wildman–Crippen MR) is 127 cm³/mol. The number of benzene rings is 2. The van der Waals surface area contributed by atoms with Crippen LogP contribution in [0, 0.1) is 11.3 Å². The van der Waals surface area contributed by atoms with E-state index in [0.29, 0.717) is 5.69 Å². The number of nitriles is 1. The third kappa shape index (κ3) is 4.73. The second kappa shape index (κ2) is 8.81. The smallest absolute Gasteiger partial charge is 0.275 e. The molecule has 0 aliphatic rings. The molecule has 0 aliphatic heterocycles. The van der Waals surface area contributed by atoms with Crippen LogP contribution in [0.1, 0.15) is 28.7 Å². The van der Waals surface area contributed by atoms with Gasteiger partial charge in [0, 0.05) is 29.1 Å². The topological polar surface area (TPSA) is 113 Å². The maximum Gasteiger partial charge on any atom is 0.275 e. The Morgan fingerprint density at radius 1 is 1.03 bits per heavy atom. The summed E-state index contributed by atoms with van der Waals surface area (Å²) >= 11 is 0. The van der Waals surface area contributed by atoms with E-state index >= 15 is 0 Å². The molecule has 0 spiro atoms. The van der Waals surface area contributed by atoms with Crippen molar-refractivity contribution in [2.24, 2.45) is 0 Å². The Balaban J connectivity index is 1.68. The summed E-state index contributed by atoms with van der Waals surface area (Å²) in [7, 11) is -3.71. The van der Waals surface area contributed by atoms with Crippen molar-refractivity contribution in [1.29, 1.82) is 5.26 Å². The van der Waals surface area contributed by atoms with Crippen LogP contribution in [0.5, 0.6) is 0 Å². The second-order valence-corrected chi connectivity index (χ2v) is 9.55. The van der Waals surface area contributed by atoms with E-state index in [1.807, 2.05) is 30.3 Å². The number of hydrogen-bond donors (Lipinski definition) is 1. The van der Waals surface area contributed by atoms with Gasteiger partial charge in [0.25, 0.3) is 5.91 Å². The van der Waals surface area contributed by atoms with Gasteiger partial charge in [-0.3, -0.25) is 9.78 Å². The summed E-state index contributed by atoms with van der Waals surface area (Å²) in [5, 5.41) is 13.5. The lowest BCUT2D eigenvalue weighted by Crippen LogP contribution is -2.18. The number of nitrogens with one attached hydrogen (secondary N) is 1. The molecule has 0 fully saturated rings. The Morgan fingerprint density at radius 2 is 1.79 bits per heavy atom. The van der Waals surface area contributed by atoms with Crippen LogP contribution >= 0.6 is 0 Å². The van der Waals surface area contributed by atoms with Crippen molar-refractivity contribution >= 4 is 32.2 Å². The molecule has 2 aromatic carbocycles. The van der Waals surface area contributed by atoms with Crippen molar-refractivity contribution in [1.82, 2.24) is 9.97 Å². The first-order valence-electron chi connectivity index (χ1n) is 10.2. The Bertz CT molecular complexity index is 1520. The number of pyridine rings is 2. The number of nitrogens with zero attached hydrogens (tertiary/aromatic N) is 3. The normalized spacial score (nSPS) is 11.2. The molecule has 0 atom stereocenters. The summed E-state index contributed by atoms with van der Waals surface area (Å²) in [6.45, 7) is 2.10. The van der Waals surface area contributed by atoms with Crippen molar-refractivity contribution in [3.05, 3.63) is 83.8 Å². The van der Waals surface area contributed by atoms with Gasteiger partial charge in [-0.25, -0.2) is 13.4 Å². The van der Waals surface area contributed by atoms with E-state index < -0.39 is 15.7 Å². The van der Waals surface area contributed by atoms with Crippen molar-refractivity contribution in [3.63, 3.8) is 0 Å². The lowest BCUT2D eigenvalue weighted by atomic mass is 10.0. The van der Waals surface area contributed by atoms with E-state index in [9.17, 15) is 13.2 Å². The minimum Gasteiger partial charge on any atom is -0.321 e. The quantitative estimate of drug-likeness (QED) is 0.477. The molecule has 8 heteroatoms. The maximum atomic E-state index is 12.9. The average molecular weight is 457 g/mol. The summed E-state index contributed by atoms with van der Waals surface area (Å²) in [6, 6.07) is 19.7. The fourth-order valence-electron chi connectivity index (χ4n) is 3.45. The number of carbonyl (C=O) groups excluding carboxylic acids is 1. The molecular weight excluding hydrogens is 436 g/mol. The van der Waals surface area contributed by atoms with Gasteiger partial charge in [-0.1, -0.05) is 37.3 Å². The van der Waals surface area contributed by atoms with Crippen molar-refractivity contribution < 1.29 is 13.2 Å². The first-order valence-corrected chi connectivity index (χ1v) is 12.1. The largest absolute Gasteiger partial charge is 0.321 e. The number of sulfone groups is 1. The SMILES string of the molecule is CCc1ccc(-c2cc3cc(NC(=O)c4nc(C#N)ccc4S(C)(=O)=O)ccc3cn2)cc1. The van der Waals surface area contributed by atoms with Gasteiger partial charge in [0.15, 0.2) is 9.84 Å². The van der Waals surface area contributed by atoms with Crippen LogP contribution in [0.2, 0.25) is 0 Å². The highest BCUT2D eigenvalue weighted by atomic mass is 32.2. The zero-order valence-corrected chi connectivity index (χ0v) is 18.8. The van der Waals surface area contributed by atoms with E-state index in [1.165, 1.54) is 17.7 Å². The number of carbonyl (C=O) groups is 1. The highest BCUT2D eigenvalue weighted by Gasteiger charge is 2.21. The molecule has 4 rings (SSSR count). The monoisotopic (exact) mass is 456 g/mol. The molecule has 4 aromatic rings. The molecular formula is C25H20N4O3S. The molecule has 7 nitrogen and oxygen atoms in total. The molecule has 1 N–H and O–H groups in total. The molecule has 0 saturated carbocycles. The Kier molecular flexibility index (Phi) is 5.90. The van der Waals surface area contributed by atoms with Crippen LogP contribution in [0.4, 0.5) is 5.69 Å². The fourth-order valence-corrected chi connectivity index (χ4v) is 4.25. The first kappa shape index (κ1) is 22.1. The van der Waals surface area contributed by atoms with Gasteiger partial charge in [-0.05, 0) is 47.7 Å². The van der Waals surface area contributed by atoms with Crippen molar-refractivity contribution in [3.8, 4) is 17.3 Å². The average Bonchev–Trinajstić information content (AvgIpc) is 2.82. The van der Waals surface area contributed by atoms with Crippen LogP contribution in [-0.4, -0.2) is 30.5 Å². The summed E-state index contributed by atoms with van der Waals surface area (Å²) in [6.07, 6.45) is 3.72. The van der Waals surface area contributed by atoms with Gasteiger partial charge in [0.2, 0.25) is 0 Å². The third-order valence-electron chi connectivity index (χ3n) is 5.22. The standard InChI is InChI=1S/C25H20N4O3S/c1-3-16-4-6-17(7-5-16)22-13-19-12-20(9-8-18(19)15-27-22)29-25(30)24-23(33(2,31)32)11-10-21(14-26)28-24/h4-13,15H,3H2,1-2H3,(H,29,30). The molecule has 0 saturated heterocycles. The van der Waals surface area contributed by atoms with Crippen molar-refractivity contribution in [2.45, 2.75) is 18.2 Å². The first-order chi connectivity index (χ1) is 15.8. The highest BCUT2D eigenvalue weighted by molar-refractivity contribution is 7.90. The number of aromatic nitrogens is 2. The van der Waals surface area contributed by atoms with E-state index in [1.54, 1.807) is 18.3 Å². The molecule has 33 heavy (non-hydrogen) atoms. The van der Waals surface area contributed by atoms with Gasteiger partial charge in [0.05, 0.1) is 10.6 Å². The number of anilines is 1. The van der Waals surface area contributed by atoms with Gasteiger partial charge < -0.3 is 5.32 Å². The number of rotatable bonds is 5. The number of fused-ring (bicyclic) bond motifs is 1. The lowest BCUT2D eigenvalue weighted by molar-refractivity contribution is 0.101. The molecule has 2 aromatic heterocycles. The minimum atomic E-state index is -3.71. The number of hydrogen-bond acceptors (Lipinski definition) is 6. The van der Waals surface area contributed by atoms with E-state index in [2.05, 4.69) is 34.3 Å². The summed E-state index contributed by atoms with van der Waals surface area (Å²) in [5.74, 6) is -0.712. The van der Waals surface area contributed by atoms with Crippen molar-refractivity contribution in [2.75, 3.05) is 11.6 Å². The Hall–Kier alpha value is -4.09. The summed E-state index contributed by atoms with van der Waals surface area (Å²) < 4.78 is 24.2. The Morgan fingerprint density at radius 3 is 2.45 bits per heavy atom. The highest BCUT2D eigenvalue weighted by Crippen LogP contribution is 2.25. The van der Waals surface area contributed by atoms with E-state index in [-0.39, 0.29) is 16.3 Å². The predicted octanol–water partition coefficient (Wildman–Crippen LogP) is 4.39. The lowest BCUT2D eigenvalue weighted by Gasteiger charge is -2.10. The summed E-state index contributed by atoms with van der Waals surface area (Å²) in [5.41, 5.74) is 3.14.